The van der Waals surface area contributed by atoms with E-state index in [1.54, 1.807) is 0 Å². The highest BCUT2D eigenvalue weighted by Gasteiger charge is 2.13. The first-order valence-electron chi connectivity index (χ1n) is 9.66. The molecule has 7 nitrogen and oxygen atoms in total. The van der Waals surface area contributed by atoms with Gasteiger partial charge in [-0.25, -0.2) is 9.98 Å². The van der Waals surface area contributed by atoms with Crippen molar-refractivity contribution in [3.8, 4) is 0 Å². The number of nitrogens with one attached hydrogen (secondary N) is 2. The number of guanidine groups is 1. The predicted molar refractivity (Wildman–Crippen MR) is 107 cm³/mol. The fourth-order valence-corrected chi connectivity index (χ4v) is 3.03. The lowest BCUT2D eigenvalue weighted by molar-refractivity contribution is 0.380. The van der Waals surface area contributed by atoms with Gasteiger partial charge in [-0.1, -0.05) is 25.1 Å². The van der Waals surface area contributed by atoms with Gasteiger partial charge < -0.3 is 19.6 Å². The van der Waals surface area contributed by atoms with Crippen molar-refractivity contribution in [2.45, 2.75) is 46.6 Å². The summed E-state index contributed by atoms with van der Waals surface area (Å²) in [6, 6.07) is 6.02. The van der Waals surface area contributed by atoms with E-state index in [1.165, 1.54) is 0 Å². The highest BCUT2D eigenvalue weighted by Crippen LogP contribution is 2.16. The average molecular weight is 368 g/mol. The van der Waals surface area contributed by atoms with Gasteiger partial charge in [0.05, 0.1) is 17.9 Å². The van der Waals surface area contributed by atoms with E-state index in [-0.39, 0.29) is 0 Å². The molecule has 0 fully saturated rings. The van der Waals surface area contributed by atoms with Crippen LogP contribution in [0.4, 0.5) is 0 Å². The smallest absolute Gasteiger partial charge is 0.191 e. The topological polar surface area (TPSA) is 79.8 Å². The molecule has 7 heteroatoms. The summed E-state index contributed by atoms with van der Waals surface area (Å²) < 4.78 is 7.47. The van der Waals surface area contributed by atoms with Gasteiger partial charge in [0.2, 0.25) is 0 Å². The minimum atomic E-state index is 0.569. The van der Waals surface area contributed by atoms with Crippen LogP contribution in [0.5, 0.6) is 0 Å². The van der Waals surface area contributed by atoms with E-state index in [1.807, 2.05) is 28.8 Å². The maximum Gasteiger partial charge on any atom is 0.191 e. The van der Waals surface area contributed by atoms with Crippen LogP contribution < -0.4 is 10.6 Å². The molecular formula is C20H28N6O. The Morgan fingerprint density at radius 2 is 2.07 bits per heavy atom. The summed E-state index contributed by atoms with van der Waals surface area (Å²) in [4.78, 5) is 9.35. The standard InChI is InChI=1S/C20H28N6O/c1-4-17-16(18(5-2)27-25-17)13-23-20(21-6-3)22-11-10-15-14-26-12-8-7-9-19(26)24-15/h7-9,12,14H,4-6,10-11,13H2,1-3H3,(H2,21,22,23). The van der Waals surface area contributed by atoms with Crippen LogP contribution in [0.25, 0.3) is 5.65 Å². The molecule has 0 aromatic carbocycles. The highest BCUT2D eigenvalue weighted by atomic mass is 16.5. The summed E-state index contributed by atoms with van der Waals surface area (Å²) in [6.45, 7) is 8.37. The van der Waals surface area contributed by atoms with Crippen LogP contribution in [0.1, 0.15) is 43.5 Å². The predicted octanol–water partition coefficient (Wildman–Crippen LogP) is 2.74. The van der Waals surface area contributed by atoms with Crippen LogP contribution >= 0.6 is 0 Å². The number of nitrogens with zero attached hydrogens (tertiary/aromatic N) is 4. The highest BCUT2D eigenvalue weighted by molar-refractivity contribution is 5.79. The zero-order valence-corrected chi connectivity index (χ0v) is 16.3. The number of aromatic nitrogens is 3. The number of hydrogen-bond donors (Lipinski definition) is 2. The van der Waals surface area contributed by atoms with Crippen molar-refractivity contribution in [2.75, 3.05) is 13.1 Å². The second-order valence-electron chi connectivity index (χ2n) is 6.31. The van der Waals surface area contributed by atoms with E-state index in [9.17, 15) is 0 Å². The molecule has 3 heterocycles. The van der Waals surface area contributed by atoms with Crippen molar-refractivity contribution in [3.63, 3.8) is 0 Å². The van der Waals surface area contributed by atoms with Gasteiger partial charge in [0.15, 0.2) is 5.96 Å². The van der Waals surface area contributed by atoms with Gasteiger partial charge in [-0.15, -0.1) is 0 Å². The molecule has 3 aromatic heterocycles. The Kier molecular flexibility index (Phi) is 6.46. The minimum Gasteiger partial charge on any atom is -0.361 e. The maximum atomic E-state index is 5.43. The van der Waals surface area contributed by atoms with Crippen molar-refractivity contribution < 1.29 is 4.52 Å². The zero-order valence-electron chi connectivity index (χ0n) is 16.3. The van der Waals surface area contributed by atoms with Gasteiger partial charge in [-0.2, -0.15) is 0 Å². The number of rotatable bonds is 8. The van der Waals surface area contributed by atoms with Crippen molar-refractivity contribution in [2.24, 2.45) is 4.99 Å². The van der Waals surface area contributed by atoms with Gasteiger partial charge >= 0.3 is 0 Å². The Morgan fingerprint density at radius 1 is 1.19 bits per heavy atom. The number of hydrogen-bond acceptors (Lipinski definition) is 4. The Labute approximate surface area is 159 Å². The van der Waals surface area contributed by atoms with Gasteiger partial charge in [0, 0.05) is 43.9 Å². The molecule has 3 rings (SSSR count). The molecule has 0 unspecified atom stereocenters. The van der Waals surface area contributed by atoms with Gasteiger partial charge in [-0.05, 0) is 25.5 Å². The third-order valence-electron chi connectivity index (χ3n) is 4.43. The van der Waals surface area contributed by atoms with Crippen LogP contribution in [0.15, 0.2) is 40.1 Å². The second-order valence-corrected chi connectivity index (χ2v) is 6.31. The first-order valence-corrected chi connectivity index (χ1v) is 9.66. The molecule has 0 spiro atoms. The molecule has 0 amide bonds. The molecule has 0 aliphatic heterocycles. The van der Waals surface area contributed by atoms with E-state index < -0.39 is 0 Å². The van der Waals surface area contributed by atoms with Crippen molar-refractivity contribution in [1.29, 1.82) is 0 Å². The van der Waals surface area contributed by atoms with Crippen molar-refractivity contribution >= 4 is 11.6 Å². The summed E-state index contributed by atoms with van der Waals surface area (Å²) in [5, 5.41) is 10.8. The summed E-state index contributed by atoms with van der Waals surface area (Å²) in [7, 11) is 0. The molecule has 0 aliphatic carbocycles. The summed E-state index contributed by atoms with van der Waals surface area (Å²) in [5.74, 6) is 1.72. The first-order chi connectivity index (χ1) is 13.2. The Morgan fingerprint density at radius 3 is 2.81 bits per heavy atom. The van der Waals surface area contributed by atoms with Crippen molar-refractivity contribution in [1.82, 2.24) is 25.2 Å². The van der Waals surface area contributed by atoms with Crippen LogP contribution in [0.3, 0.4) is 0 Å². The van der Waals surface area contributed by atoms with Crippen LogP contribution in [0.2, 0.25) is 0 Å². The van der Waals surface area contributed by atoms with E-state index in [0.29, 0.717) is 6.54 Å². The largest absolute Gasteiger partial charge is 0.361 e. The SMILES string of the molecule is CCNC(=NCc1c(CC)noc1CC)NCCc1cn2ccccc2n1. The molecule has 3 aromatic rings. The fraction of sp³-hybridized carbons (Fsp3) is 0.450. The van der Waals surface area contributed by atoms with E-state index in [4.69, 9.17) is 9.52 Å². The molecule has 0 bridgehead atoms. The lowest BCUT2D eigenvalue weighted by Crippen LogP contribution is -2.38. The molecule has 0 saturated carbocycles. The number of aryl methyl sites for hydroxylation is 2. The lowest BCUT2D eigenvalue weighted by Gasteiger charge is -2.10. The Balaban J connectivity index is 1.61. The number of aliphatic imine (C=N–C) groups is 1. The van der Waals surface area contributed by atoms with Crippen molar-refractivity contribution in [3.05, 3.63) is 53.3 Å². The minimum absolute atomic E-state index is 0.569. The van der Waals surface area contributed by atoms with E-state index in [2.05, 4.69) is 47.7 Å². The summed E-state index contributed by atoms with van der Waals surface area (Å²) >= 11 is 0. The molecular weight excluding hydrogens is 340 g/mol. The monoisotopic (exact) mass is 368 g/mol. The van der Waals surface area contributed by atoms with Crippen LogP contribution in [-0.2, 0) is 25.8 Å². The van der Waals surface area contributed by atoms with Crippen LogP contribution in [-0.4, -0.2) is 33.6 Å². The number of pyridine rings is 1. The Bertz CT molecular complexity index is 840. The van der Waals surface area contributed by atoms with Crippen LogP contribution in [0, 0.1) is 0 Å². The second kappa shape index (κ2) is 9.21. The third kappa shape index (κ3) is 4.67. The molecule has 27 heavy (non-hydrogen) atoms. The van der Waals surface area contributed by atoms with Gasteiger partial charge in [0.1, 0.15) is 11.4 Å². The summed E-state index contributed by atoms with van der Waals surface area (Å²) in [5.41, 5.74) is 4.14. The lowest BCUT2D eigenvalue weighted by atomic mass is 10.1. The van der Waals surface area contributed by atoms with E-state index >= 15 is 0 Å². The zero-order chi connectivity index (χ0) is 19.1. The average Bonchev–Trinajstić information content (AvgIpc) is 3.28. The Hall–Kier alpha value is -2.83. The molecule has 0 aliphatic rings. The van der Waals surface area contributed by atoms with E-state index in [0.717, 1.165) is 66.7 Å². The molecule has 2 N–H and O–H groups in total. The normalized spacial score (nSPS) is 11.9. The number of imidazole rings is 1. The van der Waals surface area contributed by atoms with Gasteiger partial charge in [0.25, 0.3) is 0 Å². The quantitative estimate of drug-likeness (QED) is 0.472. The number of fused-ring (bicyclic) bond motifs is 1. The fourth-order valence-electron chi connectivity index (χ4n) is 3.03. The molecule has 0 saturated heterocycles. The molecule has 144 valence electrons. The summed E-state index contributed by atoms with van der Waals surface area (Å²) in [6.07, 6.45) is 6.60. The van der Waals surface area contributed by atoms with Gasteiger partial charge in [-0.3, -0.25) is 0 Å². The maximum absolute atomic E-state index is 5.43. The first kappa shape index (κ1) is 18.9. The molecule has 0 atom stereocenters. The third-order valence-corrected chi connectivity index (χ3v) is 4.43. The molecule has 0 radical (unpaired) electrons.